The van der Waals surface area contributed by atoms with Crippen LogP contribution in [-0.2, 0) is 16.1 Å². The average Bonchev–Trinajstić information content (AvgIpc) is 2.69. The molecule has 1 aromatic rings. The van der Waals surface area contributed by atoms with E-state index in [1.54, 1.807) is 0 Å². The lowest BCUT2D eigenvalue weighted by Crippen LogP contribution is -2.45. The summed E-state index contributed by atoms with van der Waals surface area (Å²) in [5, 5.41) is 0. The van der Waals surface area contributed by atoms with Crippen LogP contribution in [0.2, 0.25) is 0 Å². The number of ether oxygens (including phenoxy) is 1. The normalized spacial score (nSPS) is 21.4. The Morgan fingerprint density at radius 2 is 1.85 bits per heavy atom. The van der Waals surface area contributed by atoms with Crippen LogP contribution >= 0.6 is 0 Å². The predicted octanol–water partition coefficient (Wildman–Crippen LogP) is 3.23. The van der Waals surface area contributed by atoms with Gasteiger partial charge in [-0.2, -0.15) is 0 Å². The number of hydrogen-bond donors (Lipinski definition) is 0. The molecule has 0 radical (unpaired) electrons. The van der Waals surface area contributed by atoms with Crippen molar-refractivity contribution in [2.45, 2.75) is 58.0 Å². The van der Waals surface area contributed by atoms with Gasteiger partial charge in [0, 0.05) is 25.2 Å². The first-order chi connectivity index (χ1) is 12.7. The van der Waals surface area contributed by atoms with Crippen molar-refractivity contribution < 1.29 is 14.3 Å². The Kier molecular flexibility index (Phi) is 6.67. The number of piperidine rings is 2. The zero-order valence-corrected chi connectivity index (χ0v) is 15.8. The summed E-state index contributed by atoms with van der Waals surface area (Å²) in [4.78, 5) is 29.2. The molecule has 0 N–H and O–H groups in total. The third-order valence-corrected chi connectivity index (χ3v) is 5.38. The molecular weight excluding hydrogens is 328 g/mol. The molecule has 1 amide bonds. The Morgan fingerprint density at radius 1 is 1.08 bits per heavy atom. The van der Waals surface area contributed by atoms with Crippen molar-refractivity contribution in [3.63, 3.8) is 0 Å². The smallest absolute Gasteiger partial charge is 0.323 e. The largest absolute Gasteiger partial charge is 0.465 e. The molecule has 2 aliphatic rings. The highest BCUT2D eigenvalue weighted by molar-refractivity contribution is 5.94. The van der Waals surface area contributed by atoms with Gasteiger partial charge in [0.05, 0.1) is 6.61 Å². The molecule has 5 heteroatoms. The minimum atomic E-state index is -0.162. The lowest BCUT2D eigenvalue weighted by atomic mass is 10.0. The number of esters is 1. The number of carbonyl (C=O) groups is 2. The lowest BCUT2D eigenvalue weighted by Gasteiger charge is -2.34. The van der Waals surface area contributed by atoms with Gasteiger partial charge in [0.1, 0.15) is 6.04 Å². The second-order valence-corrected chi connectivity index (χ2v) is 7.29. The van der Waals surface area contributed by atoms with Gasteiger partial charge in [-0.25, -0.2) is 0 Å². The van der Waals surface area contributed by atoms with E-state index >= 15 is 0 Å². The summed E-state index contributed by atoms with van der Waals surface area (Å²) in [6.45, 7) is 5.57. The Morgan fingerprint density at radius 3 is 2.62 bits per heavy atom. The first-order valence-electron chi connectivity index (χ1n) is 9.98. The maximum absolute atomic E-state index is 12.7. The van der Waals surface area contributed by atoms with Gasteiger partial charge in [-0.3, -0.25) is 14.5 Å². The molecule has 0 saturated carbocycles. The second-order valence-electron chi connectivity index (χ2n) is 7.29. The molecule has 2 heterocycles. The summed E-state index contributed by atoms with van der Waals surface area (Å²) in [5.74, 6) is 0.0138. The van der Waals surface area contributed by atoms with Gasteiger partial charge in [0.2, 0.25) is 0 Å². The van der Waals surface area contributed by atoms with E-state index in [0.29, 0.717) is 13.2 Å². The van der Waals surface area contributed by atoms with Crippen molar-refractivity contribution in [2.75, 3.05) is 26.2 Å². The maximum Gasteiger partial charge on any atom is 0.323 e. The van der Waals surface area contributed by atoms with E-state index < -0.39 is 0 Å². The quantitative estimate of drug-likeness (QED) is 0.758. The number of rotatable bonds is 5. The van der Waals surface area contributed by atoms with Crippen molar-refractivity contribution in [2.24, 2.45) is 0 Å². The zero-order valence-electron chi connectivity index (χ0n) is 15.8. The third kappa shape index (κ3) is 4.64. The maximum atomic E-state index is 12.7. The topological polar surface area (TPSA) is 49.9 Å². The first-order valence-corrected chi connectivity index (χ1v) is 9.98. The highest BCUT2D eigenvalue weighted by atomic mass is 16.5. The van der Waals surface area contributed by atoms with Crippen LogP contribution in [0.25, 0.3) is 0 Å². The Balaban J connectivity index is 1.68. The summed E-state index contributed by atoms with van der Waals surface area (Å²) in [6.07, 6.45) is 6.43. The van der Waals surface area contributed by atoms with Gasteiger partial charge in [0.15, 0.2) is 0 Å². The molecule has 1 aromatic carbocycles. The molecule has 142 valence electrons. The standard InChI is InChI=1S/C21H30N2O3/c1-2-26-21(25)19-11-4-7-14-23(19)16-17-9-8-10-18(15-17)20(24)22-12-5-3-6-13-22/h8-10,15,19H,2-7,11-14,16H2,1H3. The zero-order chi connectivity index (χ0) is 18.4. The molecule has 26 heavy (non-hydrogen) atoms. The Hall–Kier alpha value is -1.88. The summed E-state index contributed by atoms with van der Waals surface area (Å²) < 4.78 is 5.25. The number of benzene rings is 1. The fourth-order valence-electron chi connectivity index (χ4n) is 4.00. The second kappa shape index (κ2) is 9.17. The Labute approximate surface area is 156 Å². The van der Waals surface area contributed by atoms with Gasteiger partial charge in [0.25, 0.3) is 5.91 Å². The van der Waals surface area contributed by atoms with Crippen LogP contribution in [-0.4, -0.2) is 54.0 Å². The van der Waals surface area contributed by atoms with Crippen LogP contribution in [0.15, 0.2) is 24.3 Å². The number of nitrogens with zero attached hydrogens (tertiary/aromatic N) is 2. The third-order valence-electron chi connectivity index (χ3n) is 5.38. The molecule has 3 rings (SSSR count). The number of carbonyl (C=O) groups excluding carboxylic acids is 2. The number of hydrogen-bond acceptors (Lipinski definition) is 4. The van der Waals surface area contributed by atoms with Crippen LogP contribution in [0.5, 0.6) is 0 Å². The van der Waals surface area contributed by atoms with E-state index in [1.807, 2.05) is 36.1 Å². The Bertz CT molecular complexity index is 625. The average molecular weight is 358 g/mol. The SMILES string of the molecule is CCOC(=O)C1CCCCN1Cc1cccc(C(=O)N2CCCCC2)c1. The van der Waals surface area contributed by atoms with Crippen LogP contribution in [0.4, 0.5) is 0 Å². The summed E-state index contributed by atoms with van der Waals surface area (Å²) >= 11 is 0. The van der Waals surface area contributed by atoms with E-state index in [2.05, 4.69) is 4.90 Å². The molecule has 2 aliphatic heterocycles. The lowest BCUT2D eigenvalue weighted by molar-refractivity contribution is -0.151. The minimum Gasteiger partial charge on any atom is -0.465 e. The molecule has 1 unspecified atom stereocenters. The molecule has 0 bridgehead atoms. The summed E-state index contributed by atoms with van der Waals surface area (Å²) in [5.41, 5.74) is 1.85. The van der Waals surface area contributed by atoms with Crippen molar-refractivity contribution in [3.8, 4) is 0 Å². The van der Waals surface area contributed by atoms with Gasteiger partial charge >= 0.3 is 5.97 Å². The number of likely N-dealkylation sites (tertiary alicyclic amines) is 2. The fourth-order valence-corrected chi connectivity index (χ4v) is 4.00. The molecule has 2 fully saturated rings. The highest BCUT2D eigenvalue weighted by Crippen LogP contribution is 2.22. The van der Waals surface area contributed by atoms with Crippen molar-refractivity contribution in [1.29, 1.82) is 0 Å². The molecule has 0 aliphatic carbocycles. The van der Waals surface area contributed by atoms with Crippen LogP contribution < -0.4 is 0 Å². The summed E-state index contributed by atoms with van der Waals surface area (Å²) in [6, 6.07) is 7.73. The van der Waals surface area contributed by atoms with E-state index in [0.717, 1.165) is 62.9 Å². The van der Waals surface area contributed by atoms with Crippen LogP contribution in [0, 0.1) is 0 Å². The van der Waals surface area contributed by atoms with Gasteiger partial charge in [-0.1, -0.05) is 18.6 Å². The minimum absolute atomic E-state index is 0.118. The monoisotopic (exact) mass is 358 g/mol. The van der Waals surface area contributed by atoms with Crippen molar-refractivity contribution in [1.82, 2.24) is 9.80 Å². The van der Waals surface area contributed by atoms with Crippen LogP contribution in [0.3, 0.4) is 0 Å². The molecule has 0 aromatic heterocycles. The number of amides is 1. The van der Waals surface area contributed by atoms with E-state index in [9.17, 15) is 9.59 Å². The van der Waals surface area contributed by atoms with Gasteiger partial charge in [-0.15, -0.1) is 0 Å². The molecule has 2 saturated heterocycles. The molecule has 1 atom stereocenters. The van der Waals surface area contributed by atoms with E-state index in [-0.39, 0.29) is 17.9 Å². The summed E-state index contributed by atoms with van der Waals surface area (Å²) in [7, 11) is 0. The van der Waals surface area contributed by atoms with Crippen molar-refractivity contribution in [3.05, 3.63) is 35.4 Å². The molecule has 5 nitrogen and oxygen atoms in total. The first kappa shape index (κ1) is 18.9. The van der Waals surface area contributed by atoms with E-state index in [1.165, 1.54) is 6.42 Å². The van der Waals surface area contributed by atoms with Gasteiger partial charge < -0.3 is 9.64 Å². The highest BCUT2D eigenvalue weighted by Gasteiger charge is 2.30. The fraction of sp³-hybridized carbons (Fsp3) is 0.619. The van der Waals surface area contributed by atoms with Crippen molar-refractivity contribution >= 4 is 11.9 Å². The predicted molar refractivity (Wildman–Crippen MR) is 101 cm³/mol. The molecular formula is C21H30N2O3. The van der Waals surface area contributed by atoms with Gasteiger partial charge in [-0.05, 0) is 63.3 Å². The van der Waals surface area contributed by atoms with Crippen LogP contribution in [0.1, 0.15) is 61.4 Å². The molecule has 0 spiro atoms. The van der Waals surface area contributed by atoms with E-state index in [4.69, 9.17) is 4.74 Å².